The van der Waals surface area contributed by atoms with Crippen molar-refractivity contribution in [3.05, 3.63) is 22.4 Å². The lowest BCUT2D eigenvalue weighted by molar-refractivity contribution is -0.121. The summed E-state index contributed by atoms with van der Waals surface area (Å²) in [5.74, 6) is 0.575. The highest BCUT2D eigenvalue weighted by atomic mass is 32.2. The maximum Gasteiger partial charge on any atom is 0.264 e. The molecule has 0 spiro atoms. The lowest BCUT2D eigenvalue weighted by Crippen LogP contribution is -2.15. The van der Waals surface area contributed by atoms with Gasteiger partial charge < -0.3 is 0 Å². The molecule has 2 aliphatic rings. The van der Waals surface area contributed by atoms with E-state index in [1.54, 1.807) is 11.3 Å². The van der Waals surface area contributed by atoms with Crippen molar-refractivity contribution >= 4 is 27.2 Å². The highest BCUT2D eigenvalue weighted by Crippen LogP contribution is 2.32. The predicted molar refractivity (Wildman–Crippen MR) is 105 cm³/mol. The second-order valence-corrected chi connectivity index (χ2v) is 9.24. The van der Waals surface area contributed by atoms with Crippen molar-refractivity contribution in [3.8, 4) is 0 Å². The number of unbranched alkanes of at least 4 members (excludes halogenated alkanes) is 1. The zero-order valence-electron chi connectivity index (χ0n) is 15.3. The van der Waals surface area contributed by atoms with Crippen molar-refractivity contribution in [1.29, 1.82) is 0 Å². The maximum absolute atomic E-state index is 11.5. The molecular formula is C19H32O4S2. The zero-order chi connectivity index (χ0) is 18.5. The Hall–Kier alpha value is -0.720. The van der Waals surface area contributed by atoms with Gasteiger partial charge in [0.05, 0.1) is 11.7 Å². The van der Waals surface area contributed by atoms with Crippen LogP contribution in [0.3, 0.4) is 0 Å². The van der Waals surface area contributed by atoms with E-state index >= 15 is 0 Å². The molecule has 1 N–H and O–H groups in total. The Kier molecular flexibility index (Phi) is 11.3. The number of hydrogen-bond donors (Lipinski definition) is 1. The van der Waals surface area contributed by atoms with Crippen LogP contribution in [0, 0.1) is 0 Å². The first-order valence-electron chi connectivity index (χ1n) is 9.45. The van der Waals surface area contributed by atoms with Crippen LogP contribution in [0.25, 0.3) is 0 Å². The van der Waals surface area contributed by atoms with Gasteiger partial charge in [-0.25, -0.2) is 0 Å². The van der Waals surface area contributed by atoms with Gasteiger partial charge in [0.2, 0.25) is 0 Å². The Bertz CT molecular complexity index is 553. The molecular weight excluding hydrogens is 356 g/mol. The molecule has 4 nitrogen and oxygen atoms in total. The first-order valence-corrected chi connectivity index (χ1v) is 11.9. The van der Waals surface area contributed by atoms with Gasteiger partial charge in [0.1, 0.15) is 5.78 Å². The van der Waals surface area contributed by atoms with Gasteiger partial charge in [0.15, 0.2) is 0 Å². The molecule has 144 valence electrons. The van der Waals surface area contributed by atoms with Crippen LogP contribution in [-0.4, -0.2) is 24.5 Å². The van der Waals surface area contributed by atoms with Crippen LogP contribution in [0.15, 0.2) is 17.5 Å². The van der Waals surface area contributed by atoms with Gasteiger partial charge in [-0.2, -0.15) is 8.42 Å². The molecule has 3 rings (SSSR count). The van der Waals surface area contributed by atoms with Crippen LogP contribution >= 0.6 is 11.3 Å². The minimum absolute atomic E-state index is 0.108. The van der Waals surface area contributed by atoms with Crippen molar-refractivity contribution in [1.82, 2.24) is 0 Å². The molecule has 0 aliphatic heterocycles. The third-order valence-corrected chi connectivity index (χ3v) is 6.24. The highest BCUT2D eigenvalue weighted by Gasteiger charge is 2.24. The number of ketones is 1. The van der Waals surface area contributed by atoms with Crippen LogP contribution in [-0.2, 0) is 14.9 Å². The van der Waals surface area contributed by atoms with Gasteiger partial charge in [-0.3, -0.25) is 9.35 Å². The number of thiophene rings is 1. The average Bonchev–Trinajstić information content (AvgIpc) is 3.29. The first-order chi connectivity index (χ1) is 11.9. The van der Waals surface area contributed by atoms with Crippen LogP contribution in [0.5, 0.6) is 0 Å². The first kappa shape index (κ1) is 22.3. The van der Waals surface area contributed by atoms with Gasteiger partial charge in [-0.05, 0) is 30.7 Å². The molecule has 1 heterocycles. The summed E-state index contributed by atoms with van der Waals surface area (Å²) in [5.41, 5.74) is 0. The van der Waals surface area contributed by atoms with Crippen LogP contribution < -0.4 is 0 Å². The lowest BCUT2D eigenvalue weighted by Gasteiger charge is -2.18. The van der Waals surface area contributed by atoms with E-state index in [0.717, 1.165) is 25.7 Å². The topological polar surface area (TPSA) is 71.4 Å². The minimum atomic E-state index is -3.69. The molecule has 2 fully saturated rings. The molecule has 1 atom stereocenters. The van der Waals surface area contributed by atoms with Crippen molar-refractivity contribution in [2.45, 2.75) is 83.5 Å². The summed E-state index contributed by atoms with van der Waals surface area (Å²) in [6, 6.07) is 4.11. The molecule has 1 aromatic rings. The zero-order valence-corrected chi connectivity index (χ0v) is 16.9. The van der Waals surface area contributed by atoms with Crippen molar-refractivity contribution in [3.63, 3.8) is 0 Å². The van der Waals surface area contributed by atoms with Gasteiger partial charge in [0.25, 0.3) is 10.1 Å². The molecule has 0 bridgehead atoms. The Morgan fingerprint density at radius 3 is 2.16 bits per heavy atom. The summed E-state index contributed by atoms with van der Waals surface area (Å²) in [6.07, 6.45) is 13.0. The van der Waals surface area contributed by atoms with E-state index in [0.29, 0.717) is 12.2 Å². The van der Waals surface area contributed by atoms with E-state index in [2.05, 4.69) is 11.4 Å². The molecule has 25 heavy (non-hydrogen) atoms. The smallest absolute Gasteiger partial charge is 0.264 e. The summed E-state index contributed by atoms with van der Waals surface area (Å²) in [4.78, 5) is 12.8. The number of hydrogen-bond acceptors (Lipinski definition) is 4. The highest BCUT2D eigenvalue weighted by molar-refractivity contribution is 7.85. The maximum atomic E-state index is 11.5. The van der Waals surface area contributed by atoms with E-state index in [1.807, 2.05) is 13.0 Å². The van der Waals surface area contributed by atoms with E-state index in [9.17, 15) is 13.2 Å². The van der Waals surface area contributed by atoms with Crippen LogP contribution in [0.2, 0.25) is 0 Å². The molecule has 0 amide bonds. The van der Waals surface area contributed by atoms with Crippen LogP contribution in [0.4, 0.5) is 0 Å². The number of carbonyl (C=O) groups is 1. The summed E-state index contributed by atoms with van der Waals surface area (Å²) in [6.45, 7) is 1.87. The average molecular weight is 389 g/mol. The molecule has 2 saturated carbocycles. The Morgan fingerprint density at radius 2 is 1.76 bits per heavy atom. The summed E-state index contributed by atoms with van der Waals surface area (Å²) in [5, 5.41) is 2.05. The number of Topliss-reactive ketones (excluding diaryl/α,β-unsaturated/α-hetero) is 1. The molecule has 0 radical (unpaired) electrons. The largest absolute Gasteiger partial charge is 0.299 e. The molecule has 6 heteroatoms. The fourth-order valence-corrected chi connectivity index (χ4v) is 4.52. The minimum Gasteiger partial charge on any atom is -0.299 e. The predicted octanol–water partition coefficient (Wildman–Crippen LogP) is 5.60. The van der Waals surface area contributed by atoms with E-state index in [-0.39, 0.29) is 11.7 Å². The summed E-state index contributed by atoms with van der Waals surface area (Å²) >= 11 is 1.71. The fraction of sp³-hybridized carbons (Fsp3) is 0.737. The third-order valence-electron chi connectivity index (χ3n) is 4.45. The lowest BCUT2D eigenvalue weighted by atomic mass is 9.87. The van der Waals surface area contributed by atoms with E-state index < -0.39 is 10.1 Å². The van der Waals surface area contributed by atoms with Crippen molar-refractivity contribution in [2.24, 2.45) is 0 Å². The van der Waals surface area contributed by atoms with Crippen molar-refractivity contribution in [2.75, 3.05) is 5.75 Å². The van der Waals surface area contributed by atoms with E-state index in [1.165, 1.54) is 43.4 Å². The summed E-state index contributed by atoms with van der Waals surface area (Å²) < 4.78 is 28.0. The monoisotopic (exact) mass is 388 g/mol. The Balaban J connectivity index is 0.000000208. The number of carbonyl (C=O) groups excluding carboxylic acids is 1. The fourth-order valence-electron chi connectivity index (χ4n) is 2.98. The molecule has 0 aromatic carbocycles. The second-order valence-electron chi connectivity index (χ2n) is 6.69. The normalized spacial score (nSPS) is 20.2. The SMILES string of the molecule is C1CCCC1.CCCCS(=O)(=O)O.O=C1CCCCC1c1cccs1. The quantitative estimate of drug-likeness (QED) is 0.682. The molecule has 1 unspecified atom stereocenters. The Morgan fingerprint density at radius 1 is 1.12 bits per heavy atom. The van der Waals surface area contributed by atoms with Crippen molar-refractivity contribution < 1.29 is 17.8 Å². The van der Waals surface area contributed by atoms with E-state index in [4.69, 9.17) is 4.55 Å². The summed E-state index contributed by atoms with van der Waals surface area (Å²) in [7, 11) is -3.69. The third kappa shape index (κ3) is 10.8. The number of rotatable bonds is 4. The second kappa shape index (κ2) is 12.6. The molecule has 1 aromatic heterocycles. The Labute approximate surface area is 156 Å². The van der Waals surface area contributed by atoms with Gasteiger partial charge in [-0.1, -0.05) is 57.9 Å². The molecule has 0 saturated heterocycles. The van der Waals surface area contributed by atoms with Gasteiger partial charge in [0, 0.05) is 11.3 Å². The van der Waals surface area contributed by atoms with Gasteiger partial charge >= 0.3 is 0 Å². The molecule has 2 aliphatic carbocycles. The van der Waals surface area contributed by atoms with Gasteiger partial charge in [-0.15, -0.1) is 11.3 Å². The van der Waals surface area contributed by atoms with Crippen LogP contribution in [0.1, 0.15) is 88.3 Å². The standard InChI is InChI=1S/C10H12OS.C5H10.C4H10O3S/c11-9-5-2-1-4-8(9)10-6-3-7-12-10;1-2-4-5-3-1;1-2-3-4-8(5,6)7/h3,6-8H,1-2,4-5H2;1-5H2;2-4H2,1H3,(H,5,6,7).